The Morgan fingerprint density at radius 2 is 0.935 bits per heavy atom. The summed E-state index contributed by atoms with van der Waals surface area (Å²) < 4.78 is 35.0. The fraction of sp³-hybridized carbons (Fsp3) is 0.524. The number of fused-ring (bicyclic) bond motifs is 6. The molecule has 6 heterocycles. The Morgan fingerprint density at radius 1 is 0.478 bits per heavy atom. The average molecular weight is 1260 g/mol. The first-order valence-corrected chi connectivity index (χ1v) is 33.1. The smallest absolute Gasteiger partial charge is 0.132 e. The first-order chi connectivity index (χ1) is 41.7. The van der Waals surface area contributed by atoms with E-state index in [-0.39, 0.29) is 42.6 Å². The van der Waals surface area contributed by atoms with Crippen LogP contribution in [0.15, 0.2) is 127 Å². The van der Waals surface area contributed by atoms with Crippen LogP contribution in [0.4, 0.5) is 0 Å². The maximum absolute atomic E-state index is 10.1. The summed E-state index contributed by atoms with van der Waals surface area (Å²) >= 11 is 0. The van der Waals surface area contributed by atoms with Crippen molar-refractivity contribution in [2.24, 2.45) is 33.0 Å². The third-order valence-electron chi connectivity index (χ3n) is 18.3. The molecule has 0 radical (unpaired) electrons. The molecule has 7 atom stereocenters. The minimum Gasteiger partial charge on any atom is -0.493 e. The van der Waals surface area contributed by atoms with E-state index in [1.54, 1.807) is 13.0 Å². The van der Waals surface area contributed by atoms with Crippen LogP contribution in [0.1, 0.15) is 231 Å². The third kappa shape index (κ3) is 20.8. The molecule has 8 heteroatoms. The van der Waals surface area contributed by atoms with Crippen LogP contribution in [0, 0.1) is 74.5 Å². The molecule has 6 aliphatic rings. The van der Waals surface area contributed by atoms with E-state index in [0.717, 1.165) is 95.6 Å². The fourth-order valence-electron chi connectivity index (χ4n) is 11.8. The molecular weight excluding hydrogens is 1140 g/mol. The Kier molecular flexibility index (Phi) is 25.5. The predicted octanol–water partition coefficient (Wildman–Crippen LogP) is 22.0. The standard InChI is InChI=1S/C15H22O.C14H20O2.2C14H20O.C14H18O.C11H12O2.2CH4/c1-10-6-7-13-12(8-10)11(2)9-14(16-13)15(3,4)5;1-9-5-6-12-10(7-9)11(15)8-13(16-12)14(2,3)4;1-10-5-7-12-11(9-10)6-8-13(15-12)14(2,3)4;2*1-10-5-6-13-11(7-10)8-12(9-15-13)14(2,3)4;1-8-3-4-10-9(7-8)11(2,12)5-6-13-10;;/h6-8,11,14H,9H2,1-5H3;5-7,11,13,15H,8H2,1-4H3;5,7,9,13H,6,8H2,1-4H3;5-7,12H,8-9H2,1-4H3;5-8H,9H2,1-4H3;3-7,12H,1-2H3;2*1H4. The van der Waals surface area contributed by atoms with Gasteiger partial charge in [-0.05, 0) is 196 Å². The largest absolute Gasteiger partial charge is 0.493 e. The van der Waals surface area contributed by atoms with Gasteiger partial charge in [0, 0.05) is 29.0 Å². The van der Waals surface area contributed by atoms with E-state index in [9.17, 15) is 10.2 Å². The lowest BCUT2D eigenvalue weighted by atomic mass is 9.76. The molecule has 8 nitrogen and oxygen atoms in total. The van der Waals surface area contributed by atoms with E-state index in [4.69, 9.17) is 28.4 Å². The normalized spacial score (nSPS) is 21.4. The Morgan fingerprint density at radius 3 is 1.49 bits per heavy atom. The highest BCUT2D eigenvalue weighted by Crippen LogP contribution is 2.44. The number of hydrogen-bond acceptors (Lipinski definition) is 8. The maximum Gasteiger partial charge on any atom is 0.132 e. The van der Waals surface area contributed by atoms with Crippen LogP contribution in [-0.2, 0) is 18.4 Å². The summed E-state index contributed by atoms with van der Waals surface area (Å²) in [6.45, 7) is 51.7. The van der Waals surface area contributed by atoms with Gasteiger partial charge in [0.25, 0.3) is 0 Å². The van der Waals surface area contributed by atoms with Crippen LogP contribution >= 0.6 is 0 Å². The van der Waals surface area contributed by atoms with Crippen LogP contribution in [-0.4, -0.2) is 41.7 Å². The SMILES string of the molecule is C.C.Cc1ccc2c(c1)C(C)(O)C=CO2.Cc1ccc2c(c1)C(C)CC(C(C)(C)C)O2.Cc1ccc2c(c1)C(O)CC(C(C)(C)C)O2.Cc1ccc2c(c1)C=C(C(C)(C)C)CO2.Cc1ccc2c(c1)CC(C(C)(C)C)CO2.Cc1ccc2c(c1)CCC(C(C)(C)C)O2. The van der Waals surface area contributed by atoms with E-state index < -0.39 is 11.7 Å². The summed E-state index contributed by atoms with van der Waals surface area (Å²) in [6.07, 6.45) is 11.1. The summed E-state index contributed by atoms with van der Waals surface area (Å²) in [5.74, 6) is 7.08. The van der Waals surface area contributed by atoms with E-state index in [1.807, 2.05) is 50.2 Å². The molecule has 0 aliphatic carbocycles. The Bertz CT molecular complexity index is 3370. The van der Waals surface area contributed by atoms with Crippen molar-refractivity contribution >= 4 is 6.08 Å². The zero-order valence-corrected chi connectivity index (χ0v) is 59.4. The number of aryl methyl sites for hydroxylation is 7. The molecule has 7 unspecified atom stereocenters. The van der Waals surface area contributed by atoms with Crippen LogP contribution in [0.5, 0.6) is 34.5 Å². The molecule has 0 saturated carbocycles. The molecule has 0 fully saturated rings. The van der Waals surface area contributed by atoms with Gasteiger partial charge < -0.3 is 38.6 Å². The van der Waals surface area contributed by atoms with Crippen molar-refractivity contribution in [2.75, 3.05) is 13.2 Å². The number of rotatable bonds is 0. The Hall–Kier alpha value is -6.48. The molecule has 6 aromatic carbocycles. The van der Waals surface area contributed by atoms with Crippen LogP contribution in [0.25, 0.3) is 6.08 Å². The van der Waals surface area contributed by atoms with Gasteiger partial charge in [-0.1, -0.05) is 214 Å². The second-order valence-corrected chi connectivity index (χ2v) is 32.0. The molecule has 0 bridgehead atoms. The molecule has 6 aliphatic heterocycles. The molecule has 504 valence electrons. The lowest BCUT2D eigenvalue weighted by Gasteiger charge is -2.38. The topological polar surface area (TPSA) is 95.8 Å². The highest BCUT2D eigenvalue weighted by molar-refractivity contribution is 5.64. The van der Waals surface area contributed by atoms with Gasteiger partial charge >= 0.3 is 0 Å². The van der Waals surface area contributed by atoms with Gasteiger partial charge in [-0.2, -0.15) is 0 Å². The molecular formula is C84H120O8. The van der Waals surface area contributed by atoms with Gasteiger partial charge in [-0.3, -0.25) is 0 Å². The molecule has 6 aromatic rings. The lowest BCUT2D eigenvalue weighted by Crippen LogP contribution is -2.36. The first kappa shape index (κ1) is 76.2. The molecule has 92 heavy (non-hydrogen) atoms. The highest BCUT2D eigenvalue weighted by Gasteiger charge is 2.37. The minimum absolute atomic E-state index is 0. The summed E-state index contributed by atoms with van der Waals surface area (Å²) in [6, 6.07) is 37.6. The van der Waals surface area contributed by atoms with Crippen molar-refractivity contribution in [1.29, 1.82) is 0 Å². The van der Waals surface area contributed by atoms with Crippen molar-refractivity contribution in [1.82, 2.24) is 0 Å². The maximum atomic E-state index is 10.1. The Balaban J connectivity index is 0.000000200. The summed E-state index contributed by atoms with van der Waals surface area (Å²) in [5, 5.41) is 20.1. The highest BCUT2D eigenvalue weighted by atomic mass is 16.5. The molecule has 12 rings (SSSR count). The van der Waals surface area contributed by atoms with Crippen LogP contribution in [0.3, 0.4) is 0 Å². The molecule has 0 aromatic heterocycles. The van der Waals surface area contributed by atoms with E-state index >= 15 is 0 Å². The second-order valence-electron chi connectivity index (χ2n) is 32.0. The van der Waals surface area contributed by atoms with Crippen molar-refractivity contribution in [3.63, 3.8) is 0 Å². The van der Waals surface area contributed by atoms with Gasteiger partial charge in [-0.15, -0.1) is 0 Å². The quantitative estimate of drug-likeness (QED) is 0.155. The number of hydrogen-bond donors (Lipinski definition) is 2. The van der Waals surface area contributed by atoms with Gasteiger partial charge in [0.15, 0.2) is 0 Å². The first-order valence-electron chi connectivity index (χ1n) is 33.1. The summed E-state index contributed by atoms with van der Waals surface area (Å²) in [7, 11) is 0. The number of benzene rings is 6. The van der Waals surface area contributed by atoms with Gasteiger partial charge in [0.1, 0.15) is 65.0 Å². The van der Waals surface area contributed by atoms with Crippen LogP contribution in [0.2, 0.25) is 0 Å². The molecule has 0 spiro atoms. The van der Waals surface area contributed by atoms with Crippen molar-refractivity contribution < 1.29 is 38.6 Å². The van der Waals surface area contributed by atoms with Crippen molar-refractivity contribution in [3.8, 4) is 34.5 Å². The Labute approximate surface area is 558 Å². The van der Waals surface area contributed by atoms with Crippen molar-refractivity contribution in [2.45, 2.75) is 242 Å². The van der Waals surface area contributed by atoms with Crippen molar-refractivity contribution in [3.05, 3.63) is 194 Å². The summed E-state index contributed by atoms with van der Waals surface area (Å²) in [4.78, 5) is 0. The number of aliphatic hydroxyl groups is 2. The third-order valence-corrected chi connectivity index (χ3v) is 18.3. The molecule has 2 N–H and O–H groups in total. The summed E-state index contributed by atoms with van der Waals surface area (Å²) in [5.41, 5.74) is 16.1. The van der Waals surface area contributed by atoms with Gasteiger partial charge in [0.2, 0.25) is 0 Å². The lowest BCUT2D eigenvalue weighted by molar-refractivity contribution is 0.00797. The zero-order valence-electron chi connectivity index (χ0n) is 59.4. The van der Waals surface area contributed by atoms with E-state index in [0.29, 0.717) is 35.9 Å². The number of ether oxygens (including phenoxy) is 6. The predicted molar refractivity (Wildman–Crippen MR) is 387 cm³/mol. The minimum atomic E-state index is -0.903. The van der Waals surface area contributed by atoms with Crippen LogP contribution < -0.4 is 28.4 Å². The van der Waals surface area contributed by atoms with E-state index in [2.05, 4.69) is 217 Å². The second kappa shape index (κ2) is 30.7. The molecule has 0 amide bonds. The van der Waals surface area contributed by atoms with Gasteiger partial charge in [-0.25, -0.2) is 0 Å². The van der Waals surface area contributed by atoms with E-state index in [1.165, 1.54) is 56.3 Å². The number of aliphatic hydroxyl groups excluding tert-OH is 1. The van der Waals surface area contributed by atoms with Gasteiger partial charge in [0.05, 0.1) is 19.0 Å². The average Bonchev–Trinajstić information content (AvgIpc) is 0.841. The molecule has 0 saturated heterocycles. The monoisotopic (exact) mass is 1260 g/mol. The zero-order chi connectivity index (χ0) is 66.5. The fourth-order valence-corrected chi connectivity index (χ4v) is 11.8.